The van der Waals surface area contributed by atoms with Gasteiger partial charge in [0.25, 0.3) is 0 Å². The van der Waals surface area contributed by atoms with Crippen molar-refractivity contribution in [3.05, 3.63) is 40.8 Å². The average Bonchev–Trinajstić information content (AvgIpc) is 3.00. The number of nitriles is 1. The molecule has 1 radical (unpaired) electrons. The van der Waals surface area contributed by atoms with Gasteiger partial charge < -0.3 is 0 Å². The minimum absolute atomic E-state index is 0.724. The molecule has 2 rings (SSSR count). The molecule has 0 amide bonds. The Labute approximate surface area is 85.4 Å². The number of hydrogen-bond acceptors (Lipinski definition) is 1. The predicted octanol–water partition coefficient (Wildman–Crippen LogP) is 3.40. The molecule has 1 fully saturated rings. The van der Waals surface area contributed by atoms with Crippen LogP contribution in [0, 0.1) is 17.2 Å². The zero-order chi connectivity index (χ0) is 10.1. The van der Waals surface area contributed by atoms with Crippen molar-refractivity contribution in [2.75, 3.05) is 0 Å². The van der Waals surface area contributed by atoms with Crippen LogP contribution < -0.4 is 0 Å². The Hall–Kier alpha value is -1.29. The summed E-state index contributed by atoms with van der Waals surface area (Å²) in [4.78, 5) is 0. The molecule has 1 saturated carbocycles. The van der Waals surface area contributed by atoms with Gasteiger partial charge >= 0.3 is 0 Å². The molecule has 1 aromatic carbocycles. The second-order valence-electron chi connectivity index (χ2n) is 4.23. The van der Waals surface area contributed by atoms with Gasteiger partial charge in [0.2, 0.25) is 0 Å². The molecule has 0 spiro atoms. The average molecular weight is 184 g/mol. The number of benzene rings is 1. The van der Waals surface area contributed by atoms with Gasteiger partial charge in [-0.1, -0.05) is 19.9 Å². The third-order valence-electron chi connectivity index (χ3n) is 2.71. The van der Waals surface area contributed by atoms with Crippen molar-refractivity contribution >= 4 is 0 Å². The van der Waals surface area contributed by atoms with Gasteiger partial charge in [0.15, 0.2) is 0 Å². The third kappa shape index (κ3) is 1.80. The quantitative estimate of drug-likeness (QED) is 0.691. The fraction of sp³-hybridized carbons (Fsp3) is 0.385. The molecule has 0 heterocycles. The minimum atomic E-state index is 0.724. The molecule has 0 bridgehead atoms. The van der Waals surface area contributed by atoms with Crippen LogP contribution in [-0.2, 0) is 0 Å². The van der Waals surface area contributed by atoms with Gasteiger partial charge in [-0.3, -0.25) is 0 Å². The summed E-state index contributed by atoms with van der Waals surface area (Å²) in [6, 6.07) is 8.47. The summed E-state index contributed by atoms with van der Waals surface area (Å²) in [5, 5.41) is 8.91. The fourth-order valence-electron chi connectivity index (χ4n) is 1.66. The maximum absolute atomic E-state index is 8.91. The number of rotatable bonds is 2. The molecule has 1 aliphatic carbocycles. The lowest BCUT2D eigenvalue weighted by Gasteiger charge is -2.08. The predicted molar refractivity (Wildman–Crippen MR) is 56.8 cm³/mol. The van der Waals surface area contributed by atoms with E-state index in [1.807, 2.05) is 12.1 Å². The van der Waals surface area contributed by atoms with Crippen molar-refractivity contribution in [1.82, 2.24) is 0 Å². The van der Waals surface area contributed by atoms with Crippen LogP contribution in [0.4, 0.5) is 0 Å². The van der Waals surface area contributed by atoms with E-state index in [1.54, 1.807) is 0 Å². The maximum atomic E-state index is 8.91. The van der Waals surface area contributed by atoms with Crippen LogP contribution in [0.25, 0.3) is 0 Å². The second kappa shape index (κ2) is 3.46. The highest BCUT2D eigenvalue weighted by atomic mass is 14.3. The molecule has 0 unspecified atom stereocenters. The van der Waals surface area contributed by atoms with E-state index in [2.05, 4.69) is 26.0 Å². The van der Waals surface area contributed by atoms with Crippen LogP contribution in [-0.4, -0.2) is 0 Å². The second-order valence-corrected chi connectivity index (χ2v) is 4.23. The summed E-state index contributed by atoms with van der Waals surface area (Å²) in [5.41, 5.74) is 3.36. The van der Waals surface area contributed by atoms with E-state index in [1.165, 1.54) is 29.9 Å². The van der Waals surface area contributed by atoms with Gasteiger partial charge in [-0.05, 0) is 47.9 Å². The lowest BCUT2D eigenvalue weighted by atomic mass is 9.96. The van der Waals surface area contributed by atoms with Gasteiger partial charge in [-0.2, -0.15) is 5.26 Å². The Morgan fingerprint density at radius 2 is 2.00 bits per heavy atom. The summed E-state index contributed by atoms with van der Waals surface area (Å²) in [5.74, 6) is 2.00. The topological polar surface area (TPSA) is 23.8 Å². The van der Waals surface area contributed by atoms with E-state index in [0.717, 1.165) is 11.5 Å². The number of hydrogen-bond donors (Lipinski definition) is 0. The molecule has 0 N–H and O–H groups in total. The van der Waals surface area contributed by atoms with E-state index in [9.17, 15) is 0 Å². The molecule has 1 aromatic rings. The van der Waals surface area contributed by atoms with Crippen molar-refractivity contribution in [2.24, 2.45) is 0 Å². The summed E-state index contributed by atoms with van der Waals surface area (Å²) >= 11 is 0. The zero-order valence-electron chi connectivity index (χ0n) is 8.67. The van der Waals surface area contributed by atoms with Crippen LogP contribution in [0.1, 0.15) is 49.3 Å². The van der Waals surface area contributed by atoms with Crippen molar-refractivity contribution < 1.29 is 0 Å². The maximum Gasteiger partial charge on any atom is 0.0991 e. The standard InChI is InChI=1S/C13H14N/c1-9(2)12-5-10(8-14)6-13(7-12)11-3-4-11/h5-7,11H,3-4H2,1-2H3. The Bertz CT molecular complexity index is 360. The Kier molecular flexibility index (Phi) is 2.29. The van der Waals surface area contributed by atoms with Crippen LogP contribution in [0.2, 0.25) is 0 Å². The molecule has 1 heteroatoms. The molecule has 0 saturated heterocycles. The van der Waals surface area contributed by atoms with E-state index in [4.69, 9.17) is 5.26 Å². The number of nitrogens with zero attached hydrogens (tertiary/aromatic N) is 1. The fourth-order valence-corrected chi connectivity index (χ4v) is 1.66. The molecule has 0 aliphatic heterocycles. The van der Waals surface area contributed by atoms with Gasteiger partial charge in [-0.25, -0.2) is 0 Å². The summed E-state index contributed by atoms with van der Waals surface area (Å²) in [6.45, 7) is 4.18. The van der Waals surface area contributed by atoms with Gasteiger partial charge in [0.05, 0.1) is 11.6 Å². The van der Waals surface area contributed by atoms with Crippen molar-refractivity contribution in [3.63, 3.8) is 0 Å². The Balaban J connectivity index is 2.42. The first kappa shape index (κ1) is 9.27. The van der Waals surface area contributed by atoms with Crippen molar-refractivity contribution in [1.29, 1.82) is 5.26 Å². The first-order chi connectivity index (χ1) is 6.70. The van der Waals surface area contributed by atoms with Crippen LogP contribution in [0.5, 0.6) is 0 Å². The molecule has 0 aromatic heterocycles. The normalized spacial score (nSPS) is 15.6. The lowest BCUT2D eigenvalue weighted by molar-refractivity contribution is 1.08. The zero-order valence-corrected chi connectivity index (χ0v) is 8.67. The van der Waals surface area contributed by atoms with Crippen molar-refractivity contribution in [3.8, 4) is 6.07 Å². The first-order valence-electron chi connectivity index (χ1n) is 5.06. The highest BCUT2D eigenvalue weighted by Gasteiger charge is 2.24. The SMILES string of the molecule is C[C](C)c1cc(C#N)cc(C2CC2)c1. The summed E-state index contributed by atoms with van der Waals surface area (Å²) < 4.78 is 0. The van der Waals surface area contributed by atoms with Crippen molar-refractivity contribution in [2.45, 2.75) is 32.6 Å². The van der Waals surface area contributed by atoms with Gasteiger partial charge in [0, 0.05) is 0 Å². The molecule has 1 nitrogen and oxygen atoms in total. The Morgan fingerprint density at radius 3 is 2.50 bits per heavy atom. The van der Waals surface area contributed by atoms with E-state index >= 15 is 0 Å². The van der Waals surface area contributed by atoms with Gasteiger partial charge in [-0.15, -0.1) is 0 Å². The van der Waals surface area contributed by atoms with Crippen LogP contribution in [0.3, 0.4) is 0 Å². The smallest absolute Gasteiger partial charge is 0.0991 e. The molecular formula is C13H14N. The first-order valence-corrected chi connectivity index (χ1v) is 5.06. The Morgan fingerprint density at radius 1 is 1.29 bits per heavy atom. The molecule has 14 heavy (non-hydrogen) atoms. The van der Waals surface area contributed by atoms with Gasteiger partial charge in [0.1, 0.15) is 0 Å². The van der Waals surface area contributed by atoms with Crippen LogP contribution >= 0.6 is 0 Å². The van der Waals surface area contributed by atoms with E-state index in [0.29, 0.717) is 0 Å². The highest BCUT2D eigenvalue weighted by Crippen LogP contribution is 2.41. The lowest BCUT2D eigenvalue weighted by Crippen LogP contribution is -1.92. The molecule has 0 atom stereocenters. The molecular weight excluding hydrogens is 170 g/mol. The highest BCUT2D eigenvalue weighted by molar-refractivity contribution is 5.44. The third-order valence-corrected chi connectivity index (χ3v) is 2.71. The largest absolute Gasteiger partial charge is 0.192 e. The minimum Gasteiger partial charge on any atom is -0.192 e. The summed E-state index contributed by atoms with van der Waals surface area (Å²) in [6.07, 6.45) is 2.58. The monoisotopic (exact) mass is 184 g/mol. The van der Waals surface area contributed by atoms with E-state index < -0.39 is 0 Å². The van der Waals surface area contributed by atoms with Crippen LogP contribution in [0.15, 0.2) is 18.2 Å². The molecule has 1 aliphatic rings. The van der Waals surface area contributed by atoms with E-state index in [-0.39, 0.29) is 0 Å². The summed E-state index contributed by atoms with van der Waals surface area (Å²) in [7, 11) is 0. The molecule has 71 valence electrons.